The number of methoxy groups -OCH3 is 1. The summed E-state index contributed by atoms with van der Waals surface area (Å²) in [5.41, 5.74) is -0.864. The summed E-state index contributed by atoms with van der Waals surface area (Å²) in [5, 5.41) is 0. The molecule has 0 heterocycles. The molecule has 1 rings (SSSR count). The molecule has 2 unspecified atom stereocenters. The third-order valence-corrected chi connectivity index (χ3v) is 6.45. The van der Waals surface area contributed by atoms with Gasteiger partial charge in [-0.15, -0.1) is 0 Å². The second-order valence-corrected chi connectivity index (χ2v) is 10.4. The Morgan fingerprint density at radius 2 is 1.75 bits per heavy atom. The molecule has 24 heavy (non-hydrogen) atoms. The van der Waals surface area contributed by atoms with Crippen LogP contribution in [0.2, 0.25) is 5.82 Å². The van der Waals surface area contributed by atoms with Gasteiger partial charge in [-0.1, -0.05) is 6.42 Å². The van der Waals surface area contributed by atoms with Gasteiger partial charge in [-0.25, -0.2) is 4.57 Å². The first-order valence-electron chi connectivity index (χ1n) is 7.68. The highest BCUT2D eigenvalue weighted by Gasteiger charge is 2.46. The van der Waals surface area contributed by atoms with E-state index in [1.165, 1.54) is 14.2 Å². The average Bonchev–Trinajstić information content (AvgIpc) is 2.69. The molecule has 0 saturated heterocycles. The number of phosphoric ester groups is 1. The normalized spacial score (nSPS) is 33.1. The van der Waals surface area contributed by atoms with E-state index in [2.05, 4.69) is 4.52 Å². The van der Waals surface area contributed by atoms with Crippen LogP contribution in [0.4, 0.5) is 0 Å². The molecule has 6 atom stereocenters. The van der Waals surface area contributed by atoms with Crippen molar-refractivity contribution in [2.75, 3.05) is 20.4 Å². The second-order valence-electron chi connectivity index (χ2n) is 6.93. The molecule has 2 N–H and O–H groups in total. The first-order chi connectivity index (χ1) is 10.8. The molecule has 1 saturated carbocycles. The summed E-state index contributed by atoms with van der Waals surface area (Å²) >= 11 is 0. The van der Waals surface area contributed by atoms with Crippen LogP contribution in [0.1, 0.15) is 33.6 Å². The van der Waals surface area contributed by atoms with E-state index in [9.17, 15) is 18.9 Å². The Bertz CT molecular complexity index is 509. The number of rotatable bonds is 8. The van der Waals surface area contributed by atoms with Gasteiger partial charge >= 0.3 is 15.4 Å². The lowest BCUT2D eigenvalue weighted by molar-refractivity contribution is -0.0280. The quantitative estimate of drug-likeness (QED) is 0.485. The van der Waals surface area contributed by atoms with Gasteiger partial charge in [0.05, 0.1) is 31.8 Å². The minimum Gasteiger partial charge on any atom is -0.378 e. The van der Waals surface area contributed by atoms with E-state index in [-0.39, 0.29) is 12.1 Å². The van der Waals surface area contributed by atoms with Gasteiger partial charge in [0.25, 0.3) is 0 Å². The predicted octanol–water partition coefficient (Wildman–Crippen LogP) is 2.50. The minimum absolute atomic E-state index is 0.0528. The van der Waals surface area contributed by atoms with Crippen molar-refractivity contribution in [2.24, 2.45) is 5.92 Å². The molecule has 11 heteroatoms. The van der Waals surface area contributed by atoms with Crippen molar-refractivity contribution in [1.29, 1.82) is 0 Å². The first kappa shape index (κ1) is 22.3. The molecule has 0 aliphatic heterocycles. The third kappa shape index (κ3) is 6.89. The van der Waals surface area contributed by atoms with Crippen LogP contribution in [0.25, 0.3) is 0 Å². The van der Waals surface area contributed by atoms with E-state index >= 15 is 0 Å². The Hall–Kier alpha value is 0.285. The smallest absolute Gasteiger partial charge is 0.378 e. The summed E-state index contributed by atoms with van der Waals surface area (Å²) in [6.07, 6.45) is -0.728. The minimum atomic E-state index is -4.32. The summed E-state index contributed by atoms with van der Waals surface area (Å²) in [6.45, 7) is 4.90. The van der Waals surface area contributed by atoms with Crippen LogP contribution in [0, 0.1) is 5.92 Å². The fourth-order valence-electron chi connectivity index (χ4n) is 2.82. The van der Waals surface area contributed by atoms with Gasteiger partial charge in [0.2, 0.25) is 0 Å². The maximum atomic E-state index is 12.2. The van der Waals surface area contributed by atoms with Gasteiger partial charge in [0.1, 0.15) is 0 Å². The van der Waals surface area contributed by atoms with Crippen molar-refractivity contribution in [3.8, 4) is 0 Å². The SMILES string of the molecule is [B][C@H]1C[C@H](CCP(=O)(O)OC)[C@@H](OC)[C@H]1OP(=O)(O)OC(C)(C)C. The van der Waals surface area contributed by atoms with Crippen molar-refractivity contribution in [1.82, 2.24) is 0 Å². The van der Waals surface area contributed by atoms with Crippen molar-refractivity contribution in [3.05, 3.63) is 0 Å². The molecule has 1 aliphatic rings. The van der Waals surface area contributed by atoms with E-state index in [1.807, 2.05) is 0 Å². The van der Waals surface area contributed by atoms with Crippen LogP contribution in [0.15, 0.2) is 0 Å². The van der Waals surface area contributed by atoms with E-state index in [1.54, 1.807) is 20.8 Å². The summed E-state index contributed by atoms with van der Waals surface area (Å²) in [4.78, 5) is 19.4. The maximum Gasteiger partial charge on any atom is 0.473 e. The van der Waals surface area contributed by atoms with Crippen molar-refractivity contribution < 1.29 is 37.2 Å². The Morgan fingerprint density at radius 1 is 1.17 bits per heavy atom. The van der Waals surface area contributed by atoms with Gasteiger partial charge < -0.3 is 19.0 Å². The molecule has 0 amide bonds. The predicted molar refractivity (Wildman–Crippen MR) is 90.3 cm³/mol. The Morgan fingerprint density at radius 3 is 2.21 bits per heavy atom. The van der Waals surface area contributed by atoms with Crippen molar-refractivity contribution in [3.63, 3.8) is 0 Å². The number of phosphoric acid groups is 1. The Balaban J connectivity index is 2.78. The first-order valence-corrected chi connectivity index (χ1v) is 10.9. The summed E-state index contributed by atoms with van der Waals surface area (Å²) < 4.78 is 44.0. The fraction of sp³-hybridized carbons (Fsp3) is 1.00. The highest BCUT2D eigenvalue weighted by molar-refractivity contribution is 7.52. The Labute approximate surface area is 144 Å². The maximum absolute atomic E-state index is 12.2. The largest absolute Gasteiger partial charge is 0.473 e. The summed E-state index contributed by atoms with van der Waals surface area (Å²) in [5.74, 6) is -0.745. The molecule has 1 aliphatic carbocycles. The molecule has 140 valence electrons. The molecule has 0 aromatic rings. The summed E-state index contributed by atoms with van der Waals surface area (Å²) in [7, 11) is 0.673. The average molecular weight is 384 g/mol. The van der Waals surface area contributed by atoms with Crippen LogP contribution >= 0.6 is 15.4 Å². The molecule has 2 radical (unpaired) electrons. The lowest BCUT2D eigenvalue weighted by Gasteiger charge is -2.29. The molecule has 1 fully saturated rings. The van der Waals surface area contributed by atoms with Gasteiger partial charge in [-0.2, -0.15) is 0 Å². The van der Waals surface area contributed by atoms with E-state index < -0.39 is 39.0 Å². The number of ether oxygens (including phenoxy) is 1. The molecular formula is C13H27BO8P2. The monoisotopic (exact) mass is 384 g/mol. The standard InChI is InChI=1S/C13H27BO8P2/c1-13(2,3)22-24(17,18)21-12-10(14)8-9(11(12)19-4)6-7-23(15,16)20-5/h9-12H,6-8H2,1-5H3,(H,15,16)(H,17,18)/t9-,10-,11+,12-/m0/s1. The number of hydrogen-bond acceptors (Lipinski definition) is 6. The van der Waals surface area contributed by atoms with E-state index in [0.717, 1.165) is 0 Å². The second kappa shape index (κ2) is 8.32. The highest BCUT2D eigenvalue weighted by atomic mass is 31.2. The topological polar surface area (TPSA) is 112 Å². The van der Waals surface area contributed by atoms with E-state index in [4.69, 9.17) is 21.6 Å². The van der Waals surface area contributed by atoms with Crippen molar-refractivity contribution in [2.45, 2.75) is 57.2 Å². The Kier molecular flexibility index (Phi) is 7.74. The van der Waals surface area contributed by atoms with Gasteiger partial charge in [-0.05, 0) is 38.9 Å². The zero-order valence-electron chi connectivity index (χ0n) is 14.7. The lowest BCUT2D eigenvalue weighted by atomic mass is 9.83. The van der Waals surface area contributed by atoms with Gasteiger partial charge in [0, 0.05) is 14.2 Å². The van der Waals surface area contributed by atoms with E-state index in [0.29, 0.717) is 12.8 Å². The van der Waals surface area contributed by atoms with Crippen LogP contribution in [0.3, 0.4) is 0 Å². The molecule has 8 nitrogen and oxygen atoms in total. The molecule has 0 spiro atoms. The molecular weight excluding hydrogens is 357 g/mol. The lowest BCUT2D eigenvalue weighted by Crippen LogP contribution is -2.32. The van der Waals surface area contributed by atoms with Crippen LogP contribution in [0.5, 0.6) is 0 Å². The zero-order valence-corrected chi connectivity index (χ0v) is 16.5. The summed E-state index contributed by atoms with van der Waals surface area (Å²) in [6, 6.07) is 0. The highest BCUT2D eigenvalue weighted by Crippen LogP contribution is 2.54. The fourth-order valence-corrected chi connectivity index (χ4v) is 4.98. The van der Waals surface area contributed by atoms with Gasteiger partial charge in [0.15, 0.2) is 0 Å². The third-order valence-electron chi connectivity index (χ3n) is 3.77. The van der Waals surface area contributed by atoms with Crippen LogP contribution in [-0.2, 0) is 27.4 Å². The number of hydrogen-bond donors (Lipinski definition) is 2. The van der Waals surface area contributed by atoms with Gasteiger partial charge in [-0.3, -0.25) is 13.6 Å². The molecule has 0 aromatic carbocycles. The van der Waals surface area contributed by atoms with Crippen LogP contribution in [-0.4, -0.2) is 55.8 Å². The van der Waals surface area contributed by atoms with Crippen molar-refractivity contribution >= 4 is 23.3 Å². The molecule has 0 aromatic heterocycles. The van der Waals surface area contributed by atoms with Crippen LogP contribution < -0.4 is 0 Å². The zero-order chi connectivity index (χ0) is 18.8. The molecule has 0 bridgehead atoms.